The van der Waals surface area contributed by atoms with E-state index in [4.69, 9.17) is 0 Å². The molecule has 1 aliphatic rings. The fourth-order valence-electron chi connectivity index (χ4n) is 3.13. The Morgan fingerprint density at radius 1 is 1.04 bits per heavy atom. The molecule has 26 heavy (non-hydrogen) atoms. The molecule has 1 heterocycles. The summed E-state index contributed by atoms with van der Waals surface area (Å²) >= 11 is 0. The predicted octanol–water partition coefficient (Wildman–Crippen LogP) is 3.81. The molecule has 1 fully saturated rings. The molecule has 6 heteroatoms. The lowest BCUT2D eigenvalue weighted by atomic mass is 10.0. The van der Waals surface area contributed by atoms with Crippen molar-refractivity contribution in [1.82, 2.24) is 10.2 Å². The molecule has 0 atom stereocenters. The van der Waals surface area contributed by atoms with Gasteiger partial charge in [-0.1, -0.05) is 12.1 Å². The molecule has 0 aromatic heterocycles. The molecule has 138 valence electrons. The number of likely N-dealkylation sites (tertiary alicyclic amines) is 1. The lowest BCUT2D eigenvalue weighted by molar-refractivity contribution is 0.0908. The summed E-state index contributed by atoms with van der Waals surface area (Å²) in [6.45, 7) is 3.68. The molecule has 0 bridgehead atoms. The van der Waals surface area contributed by atoms with E-state index in [1.165, 1.54) is 12.1 Å². The fraction of sp³-hybridized carbons (Fsp3) is 0.350. The van der Waals surface area contributed by atoms with Gasteiger partial charge in [0.15, 0.2) is 11.6 Å². The Morgan fingerprint density at radius 3 is 2.42 bits per heavy atom. The minimum absolute atomic E-state index is 0.0214. The van der Waals surface area contributed by atoms with Crippen molar-refractivity contribution in [1.29, 1.82) is 0 Å². The molecule has 3 nitrogen and oxygen atoms in total. The highest BCUT2D eigenvalue weighted by Crippen LogP contribution is 2.17. The van der Waals surface area contributed by atoms with Crippen LogP contribution in [0.1, 0.15) is 34.3 Å². The van der Waals surface area contributed by atoms with Crippen molar-refractivity contribution < 1.29 is 18.0 Å². The van der Waals surface area contributed by atoms with E-state index < -0.39 is 11.6 Å². The van der Waals surface area contributed by atoms with Gasteiger partial charge in [-0.25, -0.2) is 13.2 Å². The second-order valence-electron chi connectivity index (χ2n) is 6.74. The first-order valence-corrected chi connectivity index (χ1v) is 8.65. The van der Waals surface area contributed by atoms with Gasteiger partial charge in [0.25, 0.3) is 5.91 Å². The largest absolute Gasteiger partial charge is 0.349 e. The molecule has 1 amide bonds. The summed E-state index contributed by atoms with van der Waals surface area (Å²) in [6, 6.07) is 8.42. The third-order valence-electron chi connectivity index (χ3n) is 4.75. The number of hydrogen-bond acceptors (Lipinski definition) is 2. The summed E-state index contributed by atoms with van der Waals surface area (Å²) in [5, 5.41) is 2.94. The van der Waals surface area contributed by atoms with Crippen molar-refractivity contribution >= 4 is 5.91 Å². The second-order valence-corrected chi connectivity index (χ2v) is 6.74. The average molecular weight is 362 g/mol. The standard InChI is InChI=1S/C20H21F3N2O/c1-13-2-4-15(11-18(13)22)20(26)24-16-6-8-25(9-7-16)12-14-3-5-17(21)19(23)10-14/h2-5,10-11,16H,6-9,12H2,1H3,(H,24,26). The molecule has 0 unspecified atom stereocenters. The summed E-state index contributed by atoms with van der Waals surface area (Å²) in [5.41, 5.74) is 1.55. The van der Waals surface area contributed by atoms with Crippen LogP contribution in [0.25, 0.3) is 0 Å². The minimum atomic E-state index is -0.845. The van der Waals surface area contributed by atoms with E-state index in [2.05, 4.69) is 10.2 Å². The molecule has 0 saturated carbocycles. The number of piperidine rings is 1. The van der Waals surface area contributed by atoms with Crippen molar-refractivity contribution in [3.63, 3.8) is 0 Å². The monoisotopic (exact) mass is 362 g/mol. The average Bonchev–Trinajstić information content (AvgIpc) is 2.62. The highest BCUT2D eigenvalue weighted by Gasteiger charge is 2.21. The predicted molar refractivity (Wildman–Crippen MR) is 93.3 cm³/mol. The van der Waals surface area contributed by atoms with Crippen LogP contribution in [0.5, 0.6) is 0 Å². The molecular formula is C20H21F3N2O. The zero-order chi connectivity index (χ0) is 18.7. The summed E-state index contributed by atoms with van der Waals surface area (Å²) in [7, 11) is 0. The maximum Gasteiger partial charge on any atom is 0.251 e. The maximum absolute atomic E-state index is 13.6. The van der Waals surface area contributed by atoms with Crippen molar-refractivity contribution in [3.8, 4) is 0 Å². The van der Waals surface area contributed by atoms with E-state index in [1.54, 1.807) is 25.1 Å². The Hall–Kier alpha value is -2.34. The lowest BCUT2D eigenvalue weighted by Crippen LogP contribution is -2.44. The summed E-state index contributed by atoms with van der Waals surface area (Å²) in [5.74, 6) is -2.35. The van der Waals surface area contributed by atoms with E-state index in [1.807, 2.05) is 0 Å². The zero-order valence-electron chi connectivity index (χ0n) is 14.6. The third kappa shape index (κ3) is 4.43. The van der Waals surface area contributed by atoms with Crippen LogP contribution in [0.3, 0.4) is 0 Å². The zero-order valence-corrected chi connectivity index (χ0v) is 14.6. The van der Waals surface area contributed by atoms with Crippen LogP contribution in [0, 0.1) is 24.4 Å². The van der Waals surface area contributed by atoms with Gasteiger partial charge in [0.2, 0.25) is 0 Å². The molecule has 2 aromatic carbocycles. The Kier molecular flexibility index (Phi) is 5.61. The van der Waals surface area contributed by atoms with Gasteiger partial charge in [-0.3, -0.25) is 9.69 Å². The van der Waals surface area contributed by atoms with E-state index in [0.29, 0.717) is 17.7 Å². The second kappa shape index (κ2) is 7.91. The van der Waals surface area contributed by atoms with Crippen LogP contribution in [-0.2, 0) is 6.54 Å². The van der Waals surface area contributed by atoms with Crippen molar-refractivity contribution in [2.45, 2.75) is 32.4 Å². The van der Waals surface area contributed by atoms with Gasteiger partial charge in [0.05, 0.1) is 0 Å². The maximum atomic E-state index is 13.6. The summed E-state index contributed by atoms with van der Waals surface area (Å²) in [4.78, 5) is 14.4. The fourth-order valence-corrected chi connectivity index (χ4v) is 3.13. The molecular weight excluding hydrogens is 341 g/mol. The Balaban J connectivity index is 1.51. The lowest BCUT2D eigenvalue weighted by Gasteiger charge is -2.32. The molecule has 1 aliphatic heterocycles. The van der Waals surface area contributed by atoms with Gasteiger partial charge in [-0.15, -0.1) is 0 Å². The van der Waals surface area contributed by atoms with E-state index in [-0.39, 0.29) is 17.8 Å². The van der Waals surface area contributed by atoms with Gasteiger partial charge in [0.1, 0.15) is 5.82 Å². The number of rotatable bonds is 4. The number of hydrogen-bond donors (Lipinski definition) is 1. The Bertz CT molecular complexity index is 802. The highest BCUT2D eigenvalue weighted by molar-refractivity contribution is 5.94. The van der Waals surface area contributed by atoms with Gasteiger partial charge >= 0.3 is 0 Å². The molecule has 0 aliphatic carbocycles. The third-order valence-corrected chi connectivity index (χ3v) is 4.75. The van der Waals surface area contributed by atoms with Crippen LogP contribution in [-0.4, -0.2) is 29.9 Å². The molecule has 1 saturated heterocycles. The van der Waals surface area contributed by atoms with Crippen LogP contribution in [0.2, 0.25) is 0 Å². The number of nitrogens with one attached hydrogen (secondary N) is 1. The Labute approximate surface area is 150 Å². The van der Waals surface area contributed by atoms with Crippen LogP contribution >= 0.6 is 0 Å². The van der Waals surface area contributed by atoms with Crippen molar-refractivity contribution in [3.05, 3.63) is 70.5 Å². The Morgan fingerprint density at radius 2 is 1.77 bits per heavy atom. The van der Waals surface area contributed by atoms with Gasteiger partial charge in [-0.2, -0.15) is 0 Å². The number of carbonyl (C=O) groups is 1. The first-order valence-electron chi connectivity index (χ1n) is 8.65. The molecule has 1 N–H and O–H groups in total. The number of nitrogens with zero attached hydrogens (tertiary/aromatic N) is 1. The van der Waals surface area contributed by atoms with Crippen molar-refractivity contribution in [2.75, 3.05) is 13.1 Å². The number of benzene rings is 2. The number of amides is 1. The first-order chi connectivity index (χ1) is 12.4. The minimum Gasteiger partial charge on any atom is -0.349 e. The smallest absolute Gasteiger partial charge is 0.251 e. The van der Waals surface area contributed by atoms with E-state index in [0.717, 1.165) is 37.6 Å². The molecule has 3 rings (SSSR count). The highest BCUT2D eigenvalue weighted by atomic mass is 19.2. The molecule has 0 radical (unpaired) electrons. The van der Waals surface area contributed by atoms with Crippen LogP contribution < -0.4 is 5.32 Å². The van der Waals surface area contributed by atoms with Crippen LogP contribution in [0.4, 0.5) is 13.2 Å². The normalized spacial score (nSPS) is 15.8. The van der Waals surface area contributed by atoms with E-state index >= 15 is 0 Å². The number of carbonyl (C=O) groups excluding carboxylic acids is 1. The first kappa shape index (κ1) is 18.5. The molecule has 0 spiro atoms. The van der Waals surface area contributed by atoms with Crippen LogP contribution in [0.15, 0.2) is 36.4 Å². The van der Waals surface area contributed by atoms with Gasteiger partial charge in [0, 0.05) is 31.2 Å². The molecule has 2 aromatic rings. The summed E-state index contributed by atoms with van der Waals surface area (Å²) < 4.78 is 39.9. The quantitative estimate of drug-likeness (QED) is 0.897. The number of halogens is 3. The summed E-state index contributed by atoms with van der Waals surface area (Å²) in [6.07, 6.45) is 1.51. The van der Waals surface area contributed by atoms with Gasteiger partial charge in [-0.05, 0) is 55.2 Å². The number of aryl methyl sites for hydroxylation is 1. The van der Waals surface area contributed by atoms with E-state index in [9.17, 15) is 18.0 Å². The van der Waals surface area contributed by atoms with Crippen molar-refractivity contribution in [2.24, 2.45) is 0 Å². The SMILES string of the molecule is Cc1ccc(C(=O)NC2CCN(Cc3ccc(F)c(F)c3)CC2)cc1F. The topological polar surface area (TPSA) is 32.3 Å². The van der Waals surface area contributed by atoms with Gasteiger partial charge < -0.3 is 5.32 Å².